The van der Waals surface area contributed by atoms with Gasteiger partial charge in [-0.3, -0.25) is 4.79 Å². The first-order valence-electron chi connectivity index (χ1n) is 7.46. The lowest BCUT2D eigenvalue weighted by atomic mass is 9.96. The van der Waals surface area contributed by atoms with Crippen LogP contribution < -0.4 is 4.74 Å². The van der Waals surface area contributed by atoms with Gasteiger partial charge in [-0.25, -0.2) is 0 Å². The molecule has 22 heavy (non-hydrogen) atoms. The third-order valence-electron chi connectivity index (χ3n) is 3.88. The van der Waals surface area contributed by atoms with Gasteiger partial charge >= 0.3 is 0 Å². The molecule has 2 rings (SSSR count). The molecule has 1 aliphatic rings. The first-order chi connectivity index (χ1) is 10.6. The van der Waals surface area contributed by atoms with E-state index in [0.717, 1.165) is 39.0 Å². The van der Waals surface area contributed by atoms with Gasteiger partial charge in [-0.05, 0) is 43.4 Å². The van der Waals surface area contributed by atoms with Gasteiger partial charge in [0.25, 0.3) is 5.91 Å². The van der Waals surface area contributed by atoms with Crippen LogP contribution in [0.4, 0.5) is 0 Å². The summed E-state index contributed by atoms with van der Waals surface area (Å²) in [6.07, 6.45) is 3.17. The third-order valence-corrected chi connectivity index (χ3v) is 4.41. The number of benzene rings is 1. The summed E-state index contributed by atoms with van der Waals surface area (Å²) in [7, 11) is 1.80. The number of likely N-dealkylation sites (N-methyl/N-ethyl adjacent to an activating group) is 1. The van der Waals surface area contributed by atoms with Crippen LogP contribution in [0.2, 0.25) is 10.0 Å². The molecule has 122 valence electrons. The number of halogens is 2. The van der Waals surface area contributed by atoms with E-state index in [4.69, 9.17) is 32.7 Å². The maximum atomic E-state index is 12.1. The highest BCUT2D eigenvalue weighted by Gasteiger charge is 2.16. The van der Waals surface area contributed by atoms with E-state index in [1.807, 2.05) is 0 Å². The number of hydrogen-bond acceptors (Lipinski definition) is 3. The summed E-state index contributed by atoms with van der Waals surface area (Å²) < 4.78 is 10.8. The Morgan fingerprint density at radius 1 is 1.36 bits per heavy atom. The Morgan fingerprint density at radius 3 is 2.77 bits per heavy atom. The maximum absolute atomic E-state index is 12.1. The zero-order chi connectivity index (χ0) is 15.9. The van der Waals surface area contributed by atoms with Crippen LogP contribution in [0.15, 0.2) is 18.2 Å². The van der Waals surface area contributed by atoms with Crippen molar-refractivity contribution in [1.29, 1.82) is 0 Å². The van der Waals surface area contributed by atoms with Crippen LogP contribution in [0.25, 0.3) is 0 Å². The standard InChI is InChI=1S/C16H21Cl2NO3/c1-19(7-4-12-5-8-21-9-6-12)16(20)11-22-15-3-2-13(17)10-14(15)18/h2-3,10,12H,4-9,11H2,1H3. The Kier molecular flexibility index (Phi) is 6.80. The van der Waals surface area contributed by atoms with Gasteiger partial charge in [0.15, 0.2) is 6.61 Å². The zero-order valence-electron chi connectivity index (χ0n) is 12.7. The molecule has 0 saturated carbocycles. The summed E-state index contributed by atoms with van der Waals surface area (Å²) in [6.45, 7) is 2.38. The monoisotopic (exact) mass is 345 g/mol. The summed E-state index contributed by atoms with van der Waals surface area (Å²) in [5, 5.41) is 0.947. The molecule has 1 aromatic carbocycles. The van der Waals surface area contributed by atoms with Crippen LogP contribution in [0.5, 0.6) is 5.75 Å². The first-order valence-corrected chi connectivity index (χ1v) is 8.21. The minimum absolute atomic E-state index is 0.0222. The fraction of sp³-hybridized carbons (Fsp3) is 0.562. The molecule has 1 aromatic rings. The second-order valence-electron chi connectivity index (χ2n) is 5.52. The lowest BCUT2D eigenvalue weighted by Gasteiger charge is -2.25. The van der Waals surface area contributed by atoms with Crippen LogP contribution in [-0.4, -0.2) is 44.2 Å². The highest BCUT2D eigenvalue weighted by atomic mass is 35.5. The molecule has 6 heteroatoms. The van der Waals surface area contributed by atoms with Crippen molar-refractivity contribution in [1.82, 2.24) is 4.90 Å². The molecule has 0 radical (unpaired) electrons. The molecular formula is C16H21Cl2NO3. The Balaban J connectivity index is 1.73. The highest BCUT2D eigenvalue weighted by Crippen LogP contribution is 2.27. The van der Waals surface area contributed by atoms with E-state index in [1.165, 1.54) is 0 Å². The summed E-state index contributed by atoms with van der Waals surface area (Å²) in [5.41, 5.74) is 0. The van der Waals surface area contributed by atoms with E-state index in [0.29, 0.717) is 21.7 Å². The lowest BCUT2D eigenvalue weighted by Crippen LogP contribution is -2.33. The molecule has 1 heterocycles. The van der Waals surface area contributed by atoms with Crippen molar-refractivity contribution in [2.75, 3.05) is 33.4 Å². The molecule has 0 aromatic heterocycles. The van der Waals surface area contributed by atoms with E-state index in [2.05, 4.69) is 0 Å². The average Bonchev–Trinajstić information content (AvgIpc) is 2.52. The summed E-state index contributed by atoms with van der Waals surface area (Å²) >= 11 is 11.8. The van der Waals surface area contributed by atoms with Gasteiger partial charge in [0.1, 0.15) is 5.75 Å². The molecule has 0 unspecified atom stereocenters. The highest BCUT2D eigenvalue weighted by molar-refractivity contribution is 6.35. The zero-order valence-corrected chi connectivity index (χ0v) is 14.2. The molecule has 1 saturated heterocycles. The largest absolute Gasteiger partial charge is 0.482 e. The van der Waals surface area contributed by atoms with E-state index >= 15 is 0 Å². The average molecular weight is 346 g/mol. The van der Waals surface area contributed by atoms with Crippen LogP contribution in [0.3, 0.4) is 0 Å². The smallest absolute Gasteiger partial charge is 0.260 e. The molecule has 0 N–H and O–H groups in total. The van der Waals surface area contributed by atoms with E-state index in [1.54, 1.807) is 30.1 Å². The van der Waals surface area contributed by atoms with Gasteiger partial charge in [0, 0.05) is 31.8 Å². The fourth-order valence-corrected chi connectivity index (χ4v) is 2.84. The molecule has 0 spiro atoms. The molecule has 0 bridgehead atoms. The topological polar surface area (TPSA) is 38.8 Å². The number of hydrogen-bond donors (Lipinski definition) is 0. The summed E-state index contributed by atoms with van der Waals surface area (Å²) in [5.74, 6) is 1.06. The van der Waals surface area contributed by atoms with Gasteiger partial charge in [0.2, 0.25) is 0 Å². The van der Waals surface area contributed by atoms with Gasteiger partial charge in [-0.2, -0.15) is 0 Å². The van der Waals surface area contributed by atoms with Gasteiger partial charge < -0.3 is 14.4 Å². The number of ether oxygens (including phenoxy) is 2. The van der Waals surface area contributed by atoms with Crippen molar-refractivity contribution in [2.45, 2.75) is 19.3 Å². The predicted molar refractivity (Wildman–Crippen MR) is 87.8 cm³/mol. The Morgan fingerprint density at radius 2 is 2.09 bits per heavy atom. The minimum Gasteiger partial charge on any atom is -0.482 e. The van der Waals surface area contributed by atoms with Crippen LogP contribution in [0.1, 0.15) is 19.3 Å². The van der Waals surface area contributed by atoms with Crippen molar-refractivity contribution in [3.8, 4) is 5.75 Å². The normalized spacial score (nSPS) is 15.6. The van der Waals surface area contributed by atoms with Crippen LogP contribution in [0, 0.1) is 5.92 Å². The number of rotatable bonds is 6. The Labute approximate surface area is 141 Å². The van der Waals surface area contributed by atoms with Crippen molar-refractivity contribution in [3.05, 3.63) is 28.2 Å². The number of carbonyl (C=O) groups excluding carboxylic acids is 1. The molecule has 1 amide bonds. The molecule has 0 atom stereocenters. The number of carbonyl (C=O) groups is 1. The SMILES string of the molecule is CN(CCC1CCOCC1)C(=O)COc1ccc(Cl)cc1Cl. The van der Waals surface area contributed by atoms with E-state index < -0.39 is 0 Å². The van der Waals surface area contributed by atoms with Crippen LogP contribution >= 0.6 is 23.2 Å². The quantitative estimate of drug-likeness (QED) is 0.789. The van der Waals surface area contributed by atoms with Gasteiger partial charge in [-0.15, -0.1) is 0 Å². The van der Waals surface area contributed by atoms with Crippen LogP contribution in [-0.2, 0) is 9.53 Å². The molecular weight excluding hydrogens is 325 g/mol. The van der Waals surface area contributed by atoms with E-state index in [9.17, 15) is 4.79 Å². The molecule has 1 aliphatic heterocycles. The minimum atomic E-state index is -0.0573. The van der Waals surface area contributed by atoms with Gasteiger partial charge in [-0.1, -0.05) is 23.2 Å². The van der Waals surface area contributed by atoms with Crippen molar-refractivity contribution < 1.29 is 14.3 Å². The maximum Gasteiger partial charge on any atom is 0.260 e. The fourth-order valence-electron chi connectivity index (χ4n) is 2.38. The van der Waals surface area contributed by atoms with Crippen molar-refractivity contribution in [3.63, 3.8) is 0 Å². The molecule has 4 nitrogen and oxygen atoms in total. The second-order valence-corrected chi connectivity index (χ2v) is 6.37. The van der Waals surface area contributed by atoms with Crippen molar-refractivity contribution >= 4 is 29.1 Å². The van der Waals surface area contributed by atoms with Crippen molar-refractivity contribution in [2.24, 2.45) is 5.92 Å². The molecule has 1 fully saturated rings. The second kappa shape index (κ2) is 8.61. The predicted octanol–water partition coefficient (Wildman–Crippen LogP) is 3.65. The third kappa shape index (κ3) is 5.34. The number of amides is 1. The summed E-state index contributed by atoms with van der Waals surface area (Å²) in [6, 6.07) is 4.94. The molecule has 0 aliphatic carbocycles. The summed E-state index contributed by atoms with van der Waals surface area (Å²) in [4.78, 5) is 13.8. The van der Waals surface area contributed by atoms with Gasteiger partial charge in [0.05, 0.1) is 5.02 Å². The lowest BCUT2D eigenvalue weighted by molar-refractivity contribution is -0.132. The van der Waals surface area contributed by atoms with E-state index in [-0.39, 0.29) is 12.5 Å². The first kappa shape index (κ1) is 17.4. The Hall–Kier alpha value is -0.970. The Bertz CT molecular complexity index is 504. The number of nitrogens with zero attached hydrogens (tertiary/aromatic N) is 1.